The van der Waals surface area contributed by atoms with Crippen LogP contribution in [0, 0.1) is 15.9 Å². The summed E-state index contributed by atoms with van der Waals surface area (Å²) in [5.41, 5.74) is 2.30. The standard InChI is InChI=1S/C19H19BrFN5O4/c1-23-16-7-11(22-14-10-13(21)12(20)9-15(14)26(28)29)8-17(18(16)24(2)19(23)27)25-3-5-30-6-4-25/h7-10,22H,3-6H2,1-2H3. The Morgan fingerprint density at radius 3 is 2.53 bits per heavy atom. The molecule has 2 heterocycles. The van der Waals surface area contributed by atoms with Gasteiger partial charge in [0, 0.05) is 45.0 Å². The lowest BCUT2D eigenvalue weighted by Crippen LogP contribution is -2.36. The molecule has 0 bridgehead atoms. The Hall–Kier alpha value is -2.92. The third-order valence-corrected chi connectivity index (χ3v) is 5.81. The summed E-state index contributed by atoms with van der Waals surface area (Å²) in [5.74, 6) is -0.621. The summed E-state index contributed by atoms with van der Waals surface area (Å²) in [7, 11) is 3.37. The van der Waals surface area contributed by atoms with Gasteiger partial charge in [0.2, 0.25) is 0 Å². The molecule has 1 saturated heterocycles. The maximum absolute atomic E-state index is 14.1. The highest BCUT2D eigenvalue weighted by atomic mass is 79.9. The number of nitro benzene ring substituents is 1. The molecule has 1 fully saturated rings. The summed E-state index contributed by atoms with van der Waals surface area (Å²) in [4.78, 5) is 25.5. The predicted molar refractivity (Wildman–Crippen MR) is 115 cm³/mol. The number of nitrogens with one attached hydrogen (secondary N) is 1. The van der Waals surface area contributed by atoms with Gasteiger partial charge in [-0.25, -0.2) is 9.18 Å². The number of hydrogen-bond donors (Lipinski definition) is 1. The van der Waals surface area contributed by atoms with Gasteiger partial charge in [-0.1, -0.05) is 0 Å². The number of aryl methyl sites for hydroxylation is 2. The average molecular weight is 480 g/mol. The van der Waals surface area contributed by atoms with Gasteiger partial charge in [-0.15, -0.1) is 0 Å². The van der Waals surface area contributed by atoms with Crippen LogP contribution < -0.4 is 15.9 Å². The highest BCUT2D eigenvalue weighted by Gasteiger charge is 2.22. The lowest BCUT2D eigenvalue weighted by atomic mass is 10.2. The summed E-state index contributed by atoms with van der Waals surface area (Å²) >= 11 is 2.98. The second kappa shape index (κ2) is 7.73. The first-order valence-electron chi connectivity index (χ1n) is 9.20. The van der Waals surface area contributed by atoms with E-state index in [9.17, 15) is 19.3 Å². The monoisotopic (exact) mass is 479 g/mol. The number of morpholine rings is 1. The van der Waals surface area contributed by atoms with Crippen molar-refractivity contribution in [1.29, 1.82) is 0 Å². The van der Waals surface area contributed by atoms with E-state index in [1.165, 1.54) is 4.57 Å². The van der Waals surface area contributed by atoms with E-state index in [1.54, 1.807) is 24.7 Å². The molecule has 1 aliphatic heterocycles. The molecule has 1 aliphatic rings. The molecule has 158 valence electrons. The molecule has 0 atom stereocenters. The molecule has 11 heteroatoms. The molecule has 0 aliphatic carbocycles. The van der Waals surface area contributed by atoms with Gasteiger partial charge in [0.25, 0.3) is 5.69 Å². The van der Waals surface area contributed by atoms with Crippen molar-refractivity contribution < 1.29 is 14.1 Å². The molecule has 0 unspecified atom stereocenters. The maximum atomic E-state index is 14.1. The van der Waals surface area contributed by atoms with E-state index in [1.807, 2.05) is 6.07 Å². The number of ether oxygens (including phenoxy) is 1. The molecule has 30 heavy (non-hydrogen) atoms. The van der Waals surface area contributed by atoms with Gasteiger partial charge in [-0.3, -0.25) is 19.2 Å². The third kappa shape index (κ3) is 3.43. The Morgan fingerprint density at radius 2 is 1.87 bits per heavy atom. The minimum atomic E-state index is -0.621. The first-order valence-corrected chi connectivity index (χ1v) is 10.00. The highest BCUT2D eigenvalue weighted by Crippen LogP contribution is 2.36. The Labute approximate surface area is 178 Å². The van der Waals surface area contributed by atoms with E-state index in [2.05, 4.69) is 26.1 Å². The molecule has 0 amide bonds. The van der Waals surface area contributed by atoms with Crippen molar-refractivity contribution in [2.24, 2.45) is 14.1 Å². The molecular weight excluding hydrogens is 461 g/mol. The minimum absolute atomic E-state index is 0.00895. The molecule has 0 spiro atoms. The smallest absolute Gasteiger partial charge is 0.328 e. The molecule has 4 rings (SSSR count). The fourth-order valence-electron chi connectivity index (χ4n) is 3.69. The number of anilines is 3. The summed E-state index contributed by atoms with van der Waals surface area (Å²) in [5, 5.41) is 14.4. The van der Waals surface area contributed by atoms with Crippen LogP contribution in [-0.4, -0.2) is 40.4 Å². The highest BCUT2D eigenvalue weighted by molar-refractivity contribution is 9.10. The molecule has 3 aromatic rings. The lowest BCUT2D eigenvalue weighted by molar-refractivity contribution is -0.384. The van der Waals surface area contributed by atoms with E-state index in [0.29, 0.717) is 37.5 Å². The number of halogens is 2. The van der Waals surface area contributed by atoms with Crippen LogP contribution in [0.3, 0.4) is 0 Å². The zero-order chi connectivity index (χ0) is 21.6. The van der Waals surface area contributed by atoms with Crippen LogP contribution in [-0.2, 0) is 18.8 Å². The zero-order valence-electron chi connectivity index (χ0n) is 16.3. The number of aromatic nitrogens is 2. The second-order valence-electron chi connectivity index (χ2n) is 7.03. The summed E-state index contributed by atoms with van der Waals surface area (Å²) in [6.07, 6.45) is 0. The number of rotatable bonds is 4. The molecule has 2 aromatic carbocycles. The van der Waals surface area contributed by atoms with Crippen molar-refractivity contribution >= 4 is 49.7 Å². The lowest BCUT2D eigenvalue weighted by Gasteiger charge is -2.30. The molecule has 1 N–H and O–H groups in total. The molecule has 9 nitrogen and oxygen atoms in total. The normalized spacial score (nSPS) is 14.3. The van der Waals surface area contributed by atoms with Crippen LogP contribution in [0.25, 0.3) is 11.0 Å². The first kappa shape index (κ1) is 20.4. The van der Waals surface area contributed by atoms with Gasteiger partial charge in [0.05, 0.1) is 39.3 Å². The number of nitrogens with zero attached hydrogens (tertiary/aromatic N) is 4. The summed E-state index contributed by atoms with van der Waals surface area (Å²) < 4.78 is 22.6. The van der Waals surface area contributed by atoms with Crippen LogP contribution in [0.4, 0.5) is 27.1 Å². The largest absolute Gasteiger partial charge is 0.378 e. The van der Waals surface area contributed by atoms with Crippen molar-refractivity contribution in [2.45, 2.75) is 0 Å². The number of benzene rings is 2. The van der Waals surface area contributed by atoms with Gasteiger partial charge in [-0.05, 0) is 28.1 Å². The second-order valence-corrected chi connectivity index (χ2v) is 7.88. The van der Waals surface area contributed by atoms with Gasteiger partial charge in [0.15, 0.2) is 0 Å². The van der Waals surface area contributed by atoms with Crippen molar-refractivity contribution in [1.82, 2.24) is 9.13 Å². The number of imidazole rings is 1. The average Bonchev–Trinajstić information content (AvgIpc) is 2.94. The van der Waals surface area contributed by atoms with E-state index in [4.69, 9.17) is 4.74 Å². The van der Waals surface area contributed by atoms with Crippen LogP contribution in [0.2, 0.25) is 0 Å². The maximum Gasteiger partial charge on any atom is 0.328 e. The topological polar surface area (TPSA) is 94.6 Å². The number of fused-ring (bicyclic) bond motifs is 1. The van der Waals surface area contributed by atoms with Gasteiger partial charge in [0.1, 0.15) is 11.5 Å². The van der Waals surface area contributed by atoms with Crippen LogP contribution >= 0.6 is 15.9 Å². The molecule has 0 radical (unpaired) electrons. The molecule has 0 saturated carbocycles. The van der Waals surface area contributed by atoms with Crippen molar-refractivity contribution in [3.05, 3.63) is 55.2 Å². The Kier molecular flexibility index (Phi) is 5.24. The predicted octanol–water partition coefficient (Wildman–Crippen LogP) is 3.27. The Bertz CT molecular complexity index is 1220. The minimum Gasteiger partial charge on any atom is -0.378 e. The van der Waals surface area contributed by atoms with Crippen LogP contribution in [0.5, 0.6) is 0 Å². The third-order valence-electron chi connectivity index (χ3n) is 5.21. The van der Waals surface area contributed by atoms with Crippen molar-refractivity contribution in [3.63, 3.8) is 0 Å². The van der Waals surface area contributed by atoms with E-state index in [-0.39, 0.29) is 21.5 Å². The van der Waals surface area contributed by atoms with E-state index < -0.39 is 10.7 Å². The summed E-state index contributed by atoms with van der Waals surface area (Å²) in [6.45, 7) is 2.41. The molecular formula is C19H19BrFN5O4. The first-order chi connectivity index (χ1) is 14.3. The van der Waals surface area contributed by atoms with Crippen LogP contribution in [0.1, 0.15) is 0 Å². The molecule has 1 aromatic heterocycles. The van der Waals surface area contributed by atoms with Gasteiger partial charge in [-0.2, -0.15) is 0 Å². The van der Waals surface area contributed by atoms with Crippen LogP contribution in [0.15, 0.2) is 33.5 Å². The Morgan fingerprint density at radius 1 is 1.17 bits per heavy atom. The SMILES string of the molecule is Cn1c(=O)n(C)c2c(N3CCOCC3)cc(Nc3cc(F)c(Br)cc3[N+](=O)[O-])cc21. The van der Waals surface area contributed by atoms with Crippen molar-refractivity contribution in [2.75, 3.05) is 36.5 Å². The van der Waals surface area contributed by atoms with Crippen molar-refractivity contribution in [3.8, 4) is 0 Å². The summed E-state index contributed by atoms with van der Waals surface area (Å²) in [6, 6.07) is 5.74. The quantitative estimate of drug-likeness (QED) is 0.455. The fourth-order valence-corrected chi connectivity index (χ4v) is 4.02. The Balaban J connectivity index is 1.89. The number of nitro groups is 1. The number of hydrogen-bond acceptors (Lipinski definition) is 6. The zero-order valence-corrected chi connectivity index (χ0v) is 17.9. The van der Waals surface area contributed by atoms with Gasteiger partial charge >= 0.3 is 5.69 Å². The van der Waals surface area contributed by atoms with E-state index >= 15 is 0 Å². The fraction of sp³-hybridized carbons (Fsp3) is 0.316. The van der Waals surface area contributed by atoms with Gasteiger partial charge < -0.3 is 15.0 Å². The van der Waals surface area contributed by atoms with E-state index in [0.717, 1.165) is 23.3 Å².